The second-order valence-corrected chi connectivity index (χ2v) is 15.2. The second kappa shape index (κ2) is 15.4. The van der Waals surface area contributed by atoms with E-state index in [9.17, 15) is 23.1 Å². The van der Waals surface area contributed by atoms with E-state index >= 15 is 0 Å². The van der Waals surface area contributed by atoms with Crippen LogP contribution >= 0.6 is 0 Å². The molecule has 3 aliphatic rings. The van der Waals surface area contributed by atoms with Crippen LogP contribution < -0.4 is 10.6 Å². The standard InChI is InChI=1S/C35H48N4O8S/c1-6-15-38(5)23(4)32-27-18-25(12-13-28(27)36-33(32)41)48(43,44)39(19-22(2)3)20-30(40)29(17-24-10-8-7-9-11-24)37-35(42)47-31-21-46-34-26(31)14-16-45-34/h7-13,18,22,26,29-32,34,40H,4,6,14-17,19-21H2,1-3,5H3,(H,36,41)(H,37,42). The van der Waals surface area contributed by atoms with Gasteiger partial charge in [-0.2, -0.15) is 4.31 Å². The fourth-order valence-electron chi connectivity index (χ4n) is 6.61. The van der Waals surface area contributed by atoms with Crippen molar-refractivity contribution in [3.63, 3.8) is 0 Å². The molecule has 5 rings (SSSR count). The first-order chi connectivity index (χ1) is 22.9. The van der Waals surface area contributed by atoms with E-state index in [4.69, 9.17) is 14.2 Å². The minimum absolute atomic E-state index is 0.00286. The molecule has 0 spiro atoms. The number of hydrogen-bond donors (Lipinski definition) is 3. The zero-order chi connectivity index (χ0) is 34.6. The number of rotatable bonds is 15. The van der Waals surface area contributed by atoms with Gasteiger partial charge in [0.1, 0.15) is 12.0 Å². The second-order valence-electron chi connectivity index (χ2n) is 13.3. The van der Waals surface area contributed by atoms with Gasteiger partial charge < -0.3 is 34.9 Å². The number of benzene rings is 2. The summed E-state index contributed by atoms with van der Waals surface area (Å²) in [6, 6.07) is 13.1. The zero-order valence-corrected chi connectivity index (χ0v) is 28.9. The number of fused-ring (bicyclic) bond motifs is 2. The molecule has 0 bridgehead atoms. The minimum atomic E-state index is -4.16. The van der Waals surface area contributed by atoms with E-state index in [1.165, 1.54) is 16.4 Å². The maximum absolute atomic E-state index is 14.3. The van der Waals surface area contributed by atoms with Crippen LogP contribution in [0.4, 0.5) is 10.5 Å². The molecule has 2 fully saturated rings. The lowest BCUT2D eigenvalue weighted by Crippen LogP contribution is -2.51. The van der Waals surface area contributed by atoms with Gasteiger partial charge in [0.15, 0.2) is 6.29 Å². The first kappa shape index (κ1) is 35.8. The summed E-state index contributed by atoms with van der Waals surface area (Å²) in [6.45, 7) is 11.3. The molecule has 3 heterocycles. The summed E-state index contributed by atoms with van der Waals surface area (Å²) >= 11 is 0. The van der Waals surface area contributed by atoms with Crippen molar-refractivity contribution in [2.45, 2.75) is 75.4 Å². The molecule has 48 heavy (non-hydrogen) atoms. The third-order valence-electron chi connectivity index (χ3n) is 9.14. The van der Waals surface area contributed by atoms with Crippen LogP contribution in [0.15, 0.2) is 65.7 Å². The number of aliphatic hydroxyl groups excluding tert-OH is 1. The molecule has 2 saturated heterocycles. The van der Waals surface area contributed by atoms with E-state index < -0.39 is 40.3 Å². The highest BCUT2D eigenvalue weighted by Gasteiger charge is 2.44. The van der Waals surface area contributed by atoms with Gasteiger partial charge in [-0.25, -0.2) is 13.2 Å². The lowest BCUT2D eigenvalue weighted by molar-refractivity contribution is -0.116. The average molecular weight is 685 g/mol. The number of anilines is 1. The van der Waals surface area contributed by atoms with Gasteiger partial charge in [-0.1, -0.05) is 57.7 Å². The van der Waals surface area contributed by atoms with E-state index in [2.05, 4.69) is 17.2 Å². The molecule has 12 nitrogen and oxygen atoms in total. The Kier molecular flexibility index (Phi) is 11.5. The van der Waals surface area contributed by atoms with Crippen molar-refractivity contribution in [3.8, 4) is 0 Å². The monoisotopic (exact) mass is 684 g/mol. The molecule has 0 aliphatic carbocycles. The van der Waals surface area contributed by atoms with Gasteiger partial charge in [0.25, 0.3) is 0 Å². The lowest BCUT2D eigenvalue weighted by atomic mass is 9.97. The summed E-state index contributed by atoms with van der Waals surface area (Å²) in [4.78, 5) is 28.1. The number of sulfonamides is 1. The Hall–Kier alpha value is -3.49. The van der Waals surface area contributed by atoms with E-state index in [1.807, 2.05) is 63.1 Å². The summed E-state index contributed by atoms with van der Waals surface area (Å²) in [5.74, 6) is -1.11. The number of ether oxygens (including phenoxy) is 3. The number of carbonyl (C=O) groups is 2. The molecular weight excluding hydrogens is 636 g/mol. The topological polar surface area (TPSA) is 147 Å². The lowest BCUT2D eigenvalue weighted by Gasteiger charge is -2.31. The maximum atomic E-state index is 14.3. The highest BCUT2D eigenvalue weighted by atomic mass is 32.2. The minimum Gasteiger partial charge on any atom is -0.443 e. The quantitative estimate of drug-likeness (QED) is 0.256. The fraction of sp³-hybridized carbons (Fsp3) is 0.543. The number of alkyl carbamates (subject to hydrolysis) is 1. The molecule has 2 aromatic carbocycles. The Morgan fingerprint density at radius 1 is 1.17 bits per heavy atom. The number of amides is 2. The summed E-state index contributed by atoms with van der Waals surface area (Å²) in [7, 11) is -2.29. The normalized spacial score (nSPS) is 23.0. The van der Waals surface area contributed by atoms with Crippen LogP contribution in [-0.2, 0) is 35.4 Å². The van der Waals surface area contributed by atoms with Gasteiger partial charge in [-0.05, 0) is 54.5 Å². The Labute approximate surface area is 283 Å². The molecule has 3 aliphatic heterocycles. The Morgan fingerprint density at radius 3 is 2.62 bits per heavy atom. The third kappa shape index (κ3) is 8.03. The summed E-state index contributed by atoms with van der Waals surface area (Å²) in [5.41, 5.74) is 2.51. The predicted molar refractivity (Wildman–Crippen MR) is 181 cm³/mol. The van der Waals surface area contributed by atoms with Crippen molar-refractivity contribution in [1.82, 2.24) is 14.5 Å². The largest absolute Gasteiger partial charge is 0.443 e. The summed E-state index contributed by atoms with van der Waals surface area (Å²) < 4.78 is 46.7. The molecule has 3 N–H and O–H groups in total. The molecule has 6 unspecified atom stereocenters. The molecule has 0 radical (unpaired) electrons. The number of aliphatic hydroxyl groups is 1. The highest BCUT2D eigenvalue weighted by molar-refractivity contribution is 7.89. The first-order valence-electron chi connectivity index (χ1n) is 16.7. The maximum Gasteiger partial charge on any atom is 0.407 e. The van der Waals surface area contributed by atoms with Crippen molar-refractivity contribution < 1.29 is 37.3 Å². The first-order valence-corrected chi connectivity index (χ1v) is 18.1. The SMILES string of the molecule is C=C(C1C(=O)Nc2ccc(S(=O)(=O)N(CC(C)C)CC(O)C(Cc3ccccc3)NC(=O)OC3COC4OCCC34)cc21)N(C)CCC. The van der Waals surface area contributed by atoms with Crippen molar-refractivity contribution >= 4 is 27.7 Å². The summed E-state index contributed by atoms with van der Waals surface area (Å²) in [5, 5.41) is 17.3. The van der Waals surface area contributed by atoms with Crippen LogP contribution in [0.25, 0.3) is 0 Å². The van der Waals surface area contributed by atoms with Gasteiger partial charge in [0, 0.05) is 38.1 Å². The van der Waals surface area contributed by atoms with Crippen molar-refractivity contribution in [2.24, 2.45) is 11.8 Å². The average Bonchev–Trinajstić information content (AvgIpc) is 3.75. The fourth-order valence-corrected chi connectivity index (χ4v) is 8.27. The Balaban J connectivity index is 1.37. The van der Waals surface area contributed by atoms with E-state index in [0.717, 1.165) is 18.4 Å². The smallest absolute Gasteiger partial charge is 0.407 e. The van der Waals surface area contributed by atoms with Gasteiger partial charge in [-0.3, -0.25) is 4.79 Å². The molecule has 2 aromatic rings. The van der Waals surface area contributed by atoms with Gasteiger partial charge in [0.05, 0.1) is 36.2 Å². The number of nitrogens with zero attached hydrogens (tertiary/aromatic N) is 2. The van der Waals surface area contributed by atoms with Gasteiger partial charge in [0.2, 0.25) is 15.9 Å². The van der Waals surface area contributed by atoms with E-state index in [1.54, 1.807) is 6.07 Å². The predicted octanol–water partition coefficient (Wildman–Crippen LogP) is 3.68. The van der Waals surface area contributed by atoms with Crippen LogP contribution in [0.2, 0.25) is 0 Å². The van der Waals surface area contributed by atoms with Crippen LogP contribution in [0.3, 0.4) is 0 Å². The van der Waals surface area contributed by atoms with E-state index in [0.29, 0.717) is 30.1 Å². The zero-order valence-electron chi connectivity index (χ0n) is 28.1. The summed E-state index contributed by atoms with van der Waals surface area (Å²) in [6.07, 6.45) is -1.05. The molecular formula is C35H48N4O8S. The van der Waals surface area contributed by atoms with Crippen LogP contribution in [0.5, 0.6) is 0 Å². The number of hydrogen-bond acceptors (Lipinski definition) is 9. The number of likely N-dealkylation sites (N-methyl/N-ethyl adjacent to an activating group) is 1. The van der Waals surface area contributed by atoms with Crippen molar-refractivity contribution in [3.05, 3.63) is 71.9 Å². The van der Waals surface area contributed by atoms with Crippen LogP contribution in [0, 0.1) is 11.8 Å². The van der Waals surface area contributed by atoms with Crippen molar-refractivity contribution in [2.75, 3.05) is 45.2 Å². The molecule has 262 valence electrons. The molecule has 13 heteroatoms. The van der Waals surface area contributed by atoms with Crippen LogP contribution in [-0.4, -0.2) is 99.2 Å². The molecule has 0 aromatic heterocycles. The highest BCUT2D eigenvalue weighted by Crippen LogP contribution is 2.39. The van der Waals surface area contributed by atoms with Crippen LogP contribution in [0.1, 0.15) is 50.7 Å². The van der Waals surface area contributed by atoms with Gasteiger partial charge >= 0.3 is 6.09 Å². The number of carbonyl (C=O) groups excluding carboxylic acids is 2. The Bertz CT molecular complexity index is 1570. The molecule has 0 saturated carbocycles. The van der Waals surface area contributed by atoms with E-state index in [-0.39, 0.29) is 55.0 Å². The number of nitrogens with one attached hydrogen (secondary N) is 2. The third-order valence-corrected chi connectivity index (χ3v) is 11.0. The van der Waals surface area contributed by atoms with Gasteiger partial charge in [-0.15, -0.1) is 0 Å². The molecule has 2 amide bonds. The Morgan fingerprint density at radius 2 is 1.92 bits per heavy atom. The molecule has 6 atom stereocenters. The van der Waals surface area contributed by atoms with Crippen molar-refractivity contribution in [1.29, 1.82) is 0 Å².